The number of benzene rings is 1. The number of rotatable bonds is 4. The van der Waals surface area contributed by atoms with Crippen LogP contribution >= 0.6 is 0 Å². The van der Waals surface area contributed by atoms with E-state index in [0.717, 1.165) is 58.0 Å². The molecule has 1 amide bonds. The lowest BCUT2D eigenvalue weighted by atomic mass is 9.58. The van der Waals surface area contributed by atoms with Gasteiger partial charge in [-0.05, 0) is 74.9 Å². The lowest BCUT2D eigenvalue weighted by molar-refractivity contribution is -0.137. The average molecular weight is 356 g/mol. The maximum Gasteiger partial charge on any atom is 0.226 e. The first-order valence-electron chi connectivity index (χ1n) is 10.2. The Morgan fingerprint density at radius 3 is 2.62 bits per heavy atom. The minimum Gasteiger partial charge on any atom is -0.353 e. The molecule has 3 unspecified atom stereocenters. The molecule has 1 aliphatic heterocycles. The van der Waals surface area contributed by atoms with Crippen molar-refractivity contribution in [3.63, 3.8) is 0 Å². The number of amides is 1. The summed E-state index contributed by atoms with van der Waals surface area (Å²) in [6.07, 6.45) is 6.49. The Morgan fingerprint density at radius 1 is 1.12 bits per heavy atom. The van der Waals surface area contributed by atoms with Crippen molar-refractivity contribution in [3.05, 3.63) is 35.9 Å². The largest absolute Gasteiger partial charge is 0.353 e. The molecule has 4 atom stereocenters. The van der Waals surface area contributed by atoms with Gasteiger partial charge in [-0.3, -0.25) is 9.18 Å². The number of nitrogens with one attached hydrogen (secondary N) is 2. The summed E-state index contributed by atoms with van der Waals surface area (Å²) in [5.41, 5.74) is 0.713. The lowest BCUT2D eigenvalue weighted by Crippen LogP contribution is -2.52. The molecule has 5 aliphatic rings. The van der Waals surface area contributed by atoms with Crippen molar-refractivity contribution in [2.45, 2.75) is 56.4 Å². The number of carbonyl (C=O) groups excluding carboxylic acids is 1. The van der Waals surface area contributed by atoms with Gasteiger partial charge in [0, 0.05) is 11.5 Å². The maximum atomic E-state index is 14.2. The molecule has 0 aromatic heterocycles. The highest BCUT2D eigenvalue weighted by Crippen LogP contribution is 2.75. The fraction of sp³-hybridized carbons (Fsp3) is 0.682. The van der Waals surface area contributed by atoms with Crippen molar-refractivity contribution in [2.24, 2.45) is 16.7 Å². The first-order valence-corrected chi connectivity index (χ1v) is 10.2. The highest BCUT2D eigenvalue weighted by molar-refractivity contribution is 5.84. The third kappa shape index (κ3) is 2.30. The van der Waals surface area contributed by atoms with E-state index in [9.17, 15) is 9.18 Å². The van der Waals surface area contributed by atoms with Gasteiger partial charge in [0.15, 0.2) is 0 Å². The van der Waals surface area contributed by atoms with Gasteiger partial charge < -0.3 is 10.6 Å². The van der Waals surface area contributed by atoms with E-state index in [2.05, 4.69) is 34.9 Å². The van der Waals surface area contributed by atoms with E-state index in [0.29, 0.717) is 5.92 Å². The first-order chi connectivity index (χ1) is 12.6. The van der Waals surface area contributed by atoms with Crippen LogP contribution in [-0.2, 0) is 10.2 Å². The van der Waals surface area contributed by atoms with Crippen LogP contribution < -0.4 is 10.6 Å². The van der Waals surface area contributed by atoms with Crippen LogP contribution in [0.1, 0.15) is 50.5 Å². The van der Waals surface area contributed by atoms with Crippen LogP contribution in [0.4, 0.5) is 4.39 Å². The van der Waals surface area contributed by atoms with Crippen molar-refractivity contribution in [2.75, 3.05) is 19.8 Å². The predicted molar refractivity (Wildman–Crippen MR) is 99.6 cm³/mol. The molecule has 1 saturated heterocycles. The molecule has 4 bridgehead atoms. The van der Waals surface area contributed by atoms with Gasteiger partial charge in [0.2, 0.25) is 5.91 Å². The van der Waals surface area contributed by atoms with Crippen LogP contribution in [0.5, 0.6) is 0 Å². The highest BCUT2D eigenvalue weighted by atomic mass is 19.1. The van der Waals surface area contributed by atoms with Gasteiger partial charge in [-0.25, -0.2) is 0 Å². The fourth-order valence-corrected chi connectivity index (χ4v) is 7.13. The van der Waals surface area contributed by atoms with E-state index in [1.54, 1.807) is 0 Å². The molecule has 4 heteroatoms. The molecule has 5 fully saturated rings. The van der Waals surface area contributed by atoms with Gasteiger partial charge >= 0.3 is 0 Å². The first kappa shape index (κ1) is 16.7. The summed E-state index contributed by atoms with van der Waals surface area (Å²) < 4.78 is 14.2. The van der Waals surface area contributed by atoms with Gasteiger partial charge in [0.05, 0.1) is 12.1 Å². The smallest absolute Gasteiger partial charge is 0.226 e. The van der Waals surface area contributed by atoms with Crippen LogP contribution in [0.15, 0.2) is 30.3 Å². The maximum absolute atomic E-state index is 14.2. The number of carbonyl (C=O) groups is 1. The third-order valence-electron chi connectivity index (χ3n) is 7.94. The zero-order valence-electron chi connectivity index (χ0n) is 15.4. The average Bonchev–Trinajstić information content (AvgIpc) is 3.06. The van der Waals surface area contributed by atoms with Crippen LogP contribution in [-0.4, -0.2) is 31.7 Å². The number of halogens is 1. The summed E-state index contributed by atoms with van der Waals surface area (Å²) in [4.78, 5) is 13.4. The second kappa shape index (κ2) is 5.79. The lowest BCUT2D eigenvalue weighted by Gasteiger charge is -2.46. The van der Waals surface area contributed by atoms with E-state index < -0.39 is 0 Å². The molecule has 0 spiro atoms. The Balaban J connectivity index is 1.46. The third-order valence-corrected chi connectivity index (χ3v) is 7.94. The summed E-state index contributed by atoms with van der Waals surface area (Å²) >= 11 is 0. The fourth-order valence-electron chi connectivity index (χ4n) is 7.13. The molecular weight excluding hydrogens is 327 g/mol. The summed E-state index contributed by atoms with van der Waals surface area (Å²) in [6, 6.07) is 10.9. The Morgan fingerprint density at radius 2 is 1.88 bits per heavy atom. The molecule has 2 N–H and O–H groups in total. The summed E-state index contributed by atoms with van der Waals surface area (Å²) in [5.74, 6) is 0.664. The standard InChI is InChI=1S/C22H29FN2O/c23-15-20-10-17-11-21(12-20,19(26)25-18-6-8-24-9-7-18)14-22(17,13-20)16-4-2-1-3-5-16/h1-5,17-18,24H,6-15H2,(H,25,26)/t17?,20?,21?,22-/m0/s1. The van der Waals surface area contributed by atoms with E-state index in [1.165, 1.54) is 5.56 Å². The Labute approximate surface area is 155 Å². The minimum atomic E-state index is -0.353. The number of hydrogen-bond acceptors (Lipinski definition) is 2. The SMILES string of the molecule is O=C(NC1CCNCC1)C12CC3CC(CF)(C1)C[C@@]3(c1ccccc1)C2. The van der Waals surface area contributed by atoms with E-state index in [1.807, 2.05) is 6.07 Å². The van der Waals surface area contributed by atoms with Crippen LogP contribution in [0.3, 0.4) is 0 Å². The van der Waals surface area contributed by atoms with Crippen molar-refractivity contribution in [1.82, 2.24) is 10.6 Å². The molecule has 4 aliphatic carbocycles. The predicted octanol–water partition coefficient (Wildman–Crippen LogP) is 3.34. The van der Waals surface area contributed by atoms with Crippen molar-refractivity contribution in [1.29, 1.82) is 0 Å². The van der Waals surface area contributed by atoms with E-state index >= 15 is 0 Å². The number of hydrogen-bond donors (Lipinski definition) is 2. The van der Waals surface area contributed by atoms with Gasteiger partial charge in [-0.1, -0.05) is 30.3 Å². The number of piperidine rings is 1. The number of alkyl halides is 1. The summed E-state index contributed by atoms with van der Waals surface area (Å²) in [5, 5.41) is 6.71. The zero-order valence-corrected chi connectivity index (χ0v) is 15.4. The molecule has 1 aromatic carbocycles. The molecule has 0 radical (unpaired) electrons. The second-order valence-corrected chi connectivity index (χ2v) is 9.57. The van der Waals surface area contributed by atoms with Crippen molar-refractivity contribution in [3.8, 4) is 0 Å². The Bertz CT molecular complexity index is 703. The van der Waals surface area contributed by atoms with E-state index in [-0.39, 0.29) is 34.9 Å². The zero-order chi connectivity index (χ0) is 17.8. The molecule has 26 heavy (non-hydrogen) atoms. The molecule has 6 rings (SSSR count). The molecule has 1 heterocycles. The minimum absolute atomic E-state index is 0.0110. The Hall–Kier alpha value is -1.42. The van der Waals surface area contributed by atoms with Crippen molar-refractivity contribution < 1.29 is 9.18 Å². The van der Waals surface area contributed by atoms with Gasteiger partial charge in [-0.2, -0.15) is 0 Å². The van der Waals surface area contributed by atoms with Crippen molar-refractivity contribution >= 4 is 5.91 Å². The molecule has 140 valence electrons. The topological polar surface area (TPSA) is 41.1 Å². The van der Waals surface area contributed by atoms with Gasteiger partial charge in [0.1, 0.15) is 0 Å². The normalized spacial score (nSPS) is 41.5. The highest BCUT2D eigenvalue weighted by Gasteiger charge is 2.71. The van der Waals surface area contributed by atoms with Gasteiger partial charge in [-0.15, -0.1) is 0 Å². The molecule has 4 saturated carbocycles. The molecule has 1 aromatic rings. The monoisotopic (exact) mass is 356 g/mol. The summed E-state index contributed by atoms with van der Waals surface area (Å²) in [6.45, 7) is 1.67. The quantitative estimate of drug-likeness (QED) is 0.869. The summed E-state index contributed by atoms with van der Waals surface area (Å²) in [7, 11) is 0. The van der Waals surface area contributed by atoms with Crippen LogP contribution in [0.2, 0.25) is 0 Å². The Kier molecular flexibility index (Phi) is 3.72. The second-order valence-electron chi connectivity index (χ2n) is 9.57. The van der Waals surface area contributed by atoms with Gasteiger partial charge in [0.25, 0.3) is 0 Å². The van der Waals surface area contributed by atoms with E-state index in [4.69, 9.17) is 0 Å². The molecular formula is C22H29FN2O. The van der Waals surface area contributed by atoms with Crippen LogP contribution in [0.25, 0.3) is 0 Å². The molecule has 3 nitrogen and oxygen atoms in total. The van der Waals surface area contributed by atoms with Crippen LogP contribution in [0, 0.1) is 16.7 Å².